The van der Waals surface area contributed by atoms with Gasteiger partial charge >= 0.3 is 0 Å². The topological polar surface area (TPSA) is 57.5 Å². The van der Waals surface area contributed by atoms with Gasteiger partial charge in [0.15, 0.2) is 5.96 Å². The number of halogens is 1. The van der Waals surface area contributed by atoms with Gasteiger partial charge in [-0.15, -0.1) is 0 Å². The quantitative estimate of drug-likeness (QED) is 0.472. The van der Waals surface area contributed by atoms with Gasteiger partial charge in [-0.05, 0) is 64.0 Å². The molecule has 1 aromatic carbocycles. The highest BCUT2D eigenvalue weighted by Gasteiger charge is 2.10. The highest BCUT2D eigenvalue weighted by Crippen LogP contribution is 2.16. The van der Waals surface area contributed by atoms with E-state index >= 15 is 0 Å². The molecular weight excluding hydrogens is 367 g/mol. The smallest absolute Gasteiger partial charge is 0.191 e. The zero-order valence-corrected chi connectivity index (χ0v) is 18.4. The van der Waals surface area contributed by atoms with Gasteiger partial charge in [0.25, 0.3) is 0 Å². The number of imidazole rings is 1. The molecule has 6 nitrogen and oxygen atoms in total. The van der Waals surface area contributed by atoms with Gasteiger partial charge in [0.05, 0.1) is 5.69 Å². The fourth-order valence-electron chi connectivity index (χ4n) is 3.34. The molecule has 0 aliphatic carbocycles. The van der Waals surface area contributed by atoms with Gasteiger partial charge in [0.2, 0.25) is 0 Å². The van der Waals surface area contributed by atoms with Gasteiger partial charge in [-0.2, -0.15) is 0 Å². The predicted molar refractivity (Wildman–Crippen MR) is 118 cm³/mol. The second-order valence-corrected chi connectivity index (χ2v) is 7.27. The second kappa shape index (κ2) is 11.6. The van der Waals surface area contributed by atoms with Crippen molar-refractivity contribution in [1.82, 2.24) is 25.1 Å². The zero-order valence-electron chi connectivity index (χ0n) is 18.4. The van der Waals surface area contributed by atoms with E-state index in [9.17, 15) is 4.39 Å². The molecule has 1 heterocycles. The minimum atomic E-state index is -0.266. The van der Waals surface area contributed by atoms with Crippen molar-refractivity contribution in [3.05, 3.63) is 47.8 Å². The Labute approximate surface area is 174 Å². The molecule has 0 radical (unpaired) electrons. The van der Waals surface area contributed by atoms with Gasteiger partial charge < -0.3 is 20.1 Å². The molecule has 0 aliphatic heterocycles. The number of rotatable bonds is 10. The minimum absolute atomic E-state index is 0.266. The Morgan fingerprint density at radius 2 is 2.07 bits per heavy atom. The molecule has 0 amide bonds. The first kappa shape index (κ1) is 22.9. The minimum Gasteiger partial charge on any atom is -0.354 e. The van der Waals surface area contributed by atoms with Crippen molar-refractivity contribution in [2.45, 2.75) is 53.1 Å². The summed E-state index contributed by atoms with van der Waals surface area (Å²) in [5.41, 5.74) is 1.37. The molecule has 1 aromatic heterocycles. The molecule has 0 bridgehead atoms. The first-order valence-electron chi connectivity index (χ1n) is 10.5. The maximum atomic E-state index is 14.5. The van der Waals surface area contributed by atoms with E-state index in [2.05, 4.69) is 46.3 Å². The second-order valence-electron chi connectivity index (χ2n) is 7.27. The molecule has 0 fully saturated rings. The predicted octanol–water partition coefficient (Wildman–Crippen LogP) is 3.50. The number of benzene rings is 1. The van der Waals surface area contributed by atoms with E-state index in [0.717, 1.165) is 49.8 Å². The van der Waals surface area contributed by atoms with Crippen LogP contribution < -0.4 is 10.6 Å². The standard InChI is InChI=1S/C22H35FN6/c1-6-28(7-2)13-8-9-17(3)27-22(24-5)26-16-19-10-11-21(20(23)15-19)29-14-12-25-18(29)4/h10-12,14-15,17H,6-9,13,16H2,1-5H3,(H2,24,26,27). The molecule has 2 N–H and O–H groups in total. The molecule has 29 heavy (non-hydrogen) atoms. The summed E-state index contributed by atoms with van der Waals surface area (Å²) in [6, 6.07) is 5.58. The van der Waals surface area contributed by atoms with Crippen molar-refractivity contribution >= 4 is 5.96 Å². The molecular formula is C22H35FN6. The lowest BCUT2D eigenvalue weighted by atomic mass is 10.1. The van der Waals surface area contributed by atoms with Crippen LogP contribution in [0, 0.1) is 12.7 Å². The highest BCUT2D eigenvalue weighted by molar-refractivity contribution is 5.79. The average molecular weight is 403 g/mol. The van der Waals surface area contributed by atoms with E-state index in [1.165, 1.54) is 0 Å². The van der Waals surface area contributed by atoms with Gasteiger partial charge in [-0.25, -0.2) is 9.37 Å². The van der Waals surface area contributed by atoms with Crippen LogP contribution in [0.1, 0.15) is 45.0 Å². The van der Waals surface area contributed by atoms with Gasteiger partial charge in [-0.1, -0.05) is 19.9 Å². The largest absolute Gasteiger partial charge is 0.354 e. The first-order valence-corrected chi connectivity index (χ1v) is 10.5. The molecule has 2 rings (SSSR count). The van der Waals surface area contributed by atoms with Crippen LogP contribution in [0.25, 0.3) is 5.69 Å². The number of aryl methyl sites for hydroxylation is 1. The molecule has 0 saturated heterocycles. The Hall–Kier alpha value is -2.41. The maximum absolute atomic E-state index is 14.5. The molecule has 7 heteroatoms. The fourth-order valence-corrected chi connectivity index (χ4v) is 3.34. The Balaban J connectivity index is 1.84. The van der Waals surface area contributed by atoms with Crippen molar-refractivity contribution in [3.63, 3.8) is 0 Å². The van der Waals surface area contributed by atoms with Crippen LogP contribution in [0.2, 0.25) is 0 Å². The third-order valence-corrected chi connectivity index (χ3v) is 5.17. The monoisotopic (exact) mass is 402 g/mol. The summed E-state index contributed by atoms with van der Waals surface area (Å²) in [6.45, 7) is 12.2. The lowest BCUT2D eigenvalue weighted by molar-refractivity contribution is 0.292. The molecule has 2 aromatic rings. The van der Waals surface area contributed by atoms with E-state index < -0.39 is 0 Å². The SMILES string of the molecule is CCN(CC)CCCC(C)NC(=NC)NCc1ccc(-n2ccnc2C)c(F)c1. The lowest BCUT2D eigenvalue weighted by Gasteiger charge is -2.21. The zero-order chi connectivity index (χ0) is 21.2. The van der Waals surface area contributed by atoms with Crippen LogP contribution >= 0.6 is 0 Å². The Morgan fingerprint density at radius 3 is 2.66 bits per heavy atom. The molecule has 160 valence electrons. The van der Waals surface area contributed by atoms with Gasteiger partial charge in [-0.3, -0.25) is 4.99 Å². The number of nitrogens with zero attached hydrogens (tertiary/aromatic N) is 4. The van der Waals surface area contributed by atoms with Gasteiger partial charge in [0, 0.05) is 32.0 Å². The lowest BCUT2D eigenvalue weighted by Crippen LogP contribution is -2.42. The number of aliphatic imine (C=N–C) groups is 1. The number of hydrogen-bond donors (Lipinski definition) is 2. The van der Waals surface area contributed by atoms with Crippen LogP contribution in [-0.2, 0) is 6.54 Å². The molecule has 0 spiro atoms. The first-order chi connectivity index (χ1) is 14.0. The van der Waals surface area contributed by atoms with E-state index in [4.69, 9.17) is 0 Å². The van der Waals surface area contributed by atoms with Crippen LogP contribution in [0.3, 0.4) is 0 Å². The number of guanidine groups is 1. The van der Waals surface area contributed by atoms with Gasteiger partial charge in [0.1, 0.15) is 11.6 Å². The number of hydrogen-bond acceptors (Lipinski definition) is 3. The summed E-state index contributed by atoms with van der Waals surface area (Å²) in [6.07, 6.45) is 5.65. The molecule has 0 aliphatic rings. The summed E-state index contributed by atoms with van der Waals surface area (Å²) in [4.78, 5) is 10.9. The third-order valence-electron chi connectivity index (χ3n) is 5.17. The van der Waals surface area contributed by atoms with Crippen LogP contribution in [0.15, 0.2) is 35.6 Å². The van der Waals surface area contributed by atoms with E-state index in [1.807, 2.05) is 13.0 Å². The van der Waals surface area contributed by atoms with Crippen LogP contribution in [0.4, 0.5) is 4.39 Å². The van der Waals surface area contributed by atoms with Crippen molar-refractivity contribution in [2.75, 3.05) is 26.7 Å². The third kappa shape index (κ3) is 6.85. The van der Waals surface area contributed by atoms with E-state index in [0.29, 0.717) is 18.3 Å². The van der Waals surface area contributed by atoms with E-state index in [1.54, 1.807) is 36.1 Å². The highest BCUT2D eigenvalue weighted by atomic mass is 19.1. The molecule has 0 saturated carbocycles. The summed E-state index contributed by atoms with van der Waals surface area (Å²) in [5.74, 6) is 1.22. The Morgan fingerprint density at radius 1 is 1.31 bits per heavy atom. The van der Waals surface area contributed by atoms with Crippen LogP contribution in [0.5, 0.6) is 0 Å². The van der Waals surface area contributed by atoms with E-state index in [-0.39, 0.29) is 5.82 Å². The van der Waals surface area contributed by atoms with Crippen molar-refractivity contribution in [1.29, 1.82) is 0 Å². The molecule has 1 unspecified atom stereocenters. The van der Waals surface area contributed by atoms with Crippen molar-refractivity contribution < 1.29 is 4.39 Å². The summed E-state index contributed by atoms with van der Waals surface area (Å²) in [7, 11) is 1.75. The maximum Gasteiger partial charge on any atom is 0.191 e. The normalized spacial score (nSPS) is 13.0. The molecule has 1 atom stereocenters. The summed E-state index contributed by atoms with van der Waals surface area (Å²) >= 11 is 0. The number of aromatic nitrogens is 2. The van der Waals surface area contributed by atoms with Crippen LogP contribution in [-0.4, -0.2) is 53.1 Å². The summed E-state index contributed by atoms with van der Waals surface area (Å²) < 4.78 is 16.3. The summed E-state index contributed by atoms with van der Waals surface area (Å²) in [5, 5.41) is 6.69. The Kier molecular flexibility index (Phi) is 9.12. The number of nitrogens with one attached hydrogen (secondary N) is 2. The Bertz CT molecular complexity index is 781. The average Bonchev–Trinajstić information content (AvgIpc) is 3.14. The van der Waals surface area contributed by atoms with Crippen molar-refractivity contribution in [3.8, 4) is 5.69 Å². The fraction of sp³-hybridized carbons (Fsp3) is 0.545. The van der Waals surface area contributed by atoms with Crippen molar-refractivity contribution in [2.24, 2.45) is 4.99 Å².